The monoisotopic (exact) mass is 419 g/mol. The number of nitrogens with zero attached hydrogens (tertiary/aromatic N) is 3. The van der Waals surface area contributed by atoms with Crippen LogP contribution >= 0.6 is 11.6 Å². The molecular formula is C20H20ClF2N5O. The van der Waals surface area contributed by atoms with E-state index < -0.39 is 17.3 Å². The standard InChI is InChI=1S/C20H20ClF2N5O/c21-13-5-4-6-16(17(13)23)29-15-8-7-12(11-14(15)22)28-19(25)26-18(24)27-20(28)9-2-1-3-10-20/h4-8,11H,1-3,9-10H2,(H4,24,25,26,27). The fourth-order valence-electron chi connectivity index (χ4n) is 3.89. The predicted octanol–water partition coefficient (Wildman–Crippen LogP) is 4.52. The smallest absolute Gasteiger partial charge is 0.220 e. The maximum Gasteiger partial charge on any atom is 0.220 e. The molecule has 1 aliphatic heterocycles. The predicted molar refractivity (Wildman–Crippen MR) is 109 cm³/mol. The lowest BCUT2D eigenvalue weighted by atomic mass is 9.87. The minimum absolute atomic E-state index is 0.105. The molecule has 0 aromatic heterocycles. The molecule has 1 saturated carbocycles. The summed E-state index contributed by atoms with van der Waals surface area (Å²) in [4.78, 5) is 10.3. The second-order valence-electron chi connectivity index (χ2n) is 7.09. The number of aliphatic imine (C=N–C) groups is 2. The zero-order valence-corrected chi connectivity index (χ0v) is 16.3. The van der Waals surface area contributed by atoms with Gasteiger partial charge in [-0.3, -0.25) is 4.90 Å². The van der Waals surface area contributed by atoms with Crippen LogP contribution in [-0.4, -0.2) is 17.6 Å². The van der Waals surface area contributed by atoms with Crippen LogP contribution in [0.4, 0.5) is 14.5 Å². The van der Waals surface area contributed by atoms with Gasteiger partial charge in [-0.1, -0.05) is 24.1 Å². The van der Waals surface area contributed by atoms with E-state index in [4.69, 9.17) is 27.8 Å². The lowest BCUT2D eigenvalue weighted by Crippen LogP contribution is -2.58. The Kier molecular flexibility index (Phi) is 5.04. The first-order chi connectivity index (χ1) is 13.9. The number of hydrogen-bond acceptors (Lipinski definition) is 6. The van der Waals surface area contributed by atoms with Crippen molar-refractivity contribution in [2.24, 2.45) is 21.5 Å². The van der Waals surface area contributed by atoms with Crippen LogP contribution in [0.5, 0.6) is 11.5 Å². The van der Waals surface area contributed by atoms with Crippen molar-refractivity contribution in [2.45, 2.75) is 37.8 Å². The van der Waals surface area contributed by atoms with Crippen molar-refractivity contribution in [2.75, 3.05) is 4.90 Å². The first-order valence-corrected chi connectivity index (χ1v) is 9.68. The molecule has 2 aromatic carbocycles. The molecule has 6 nitrogen and oxygen atoms in total. The van der Waals surface area contributed by atoms with Gasteiger partial charge in [-0.2, -0.15) is 4.99 Å². The van der Waals surface area contributed by atoms with Crippen LogP contribution < -0.4 is 21.1 Å². The molecule has 1 fully saturated rings. The molecule has 0 atom stereocenters. The number of hydrogen-bond donors (Lipinski definition) is 2. The number of halogens is 3. The molecule has 1 heterocycles. The van der Waals surface area contributed by atoms with Crippen molar-refractivity contribution < 1.29 is 13.5 Å². The van der Waals surface area contributed by atoms with Gasteiger partial charge >= 0.3 is 0 Å². The van der Waals surface area contributed by atoms with Crippen molar-refractivity contribution >= 4 is 29.2 Å². The summed E-state index contributed by atoms with van der Waals surface area (Å²) in [5, 5.41) is -0.105. The Labute approximate surface area is 171 Å². The van der Waals surface area contributed by atoms with Crippen LogP contribution in [0.2, 0.25) is 5.02 Å². The summed E-state index contributed by atoms with van der Waals surface area (Å²) >= 11 is 5.75. The summed E-state index contributed by atoms with van der Waals surface area (Å²) in [5.41, 5.74) is 11.8. The molecule has 0 radical (unpaired) electrons. The number of rotatable bonds is 3. The molecule has 4 N–H and O–H groups in total. The van der Waals surface area contributed by atoms with Crippen LogP contribution in [-0.2, 0) is 0 Å². The molecule has 1 spiro atoms. The van der Waals surface area contributed by atoms with E-state index in [0.29, 0.717) is 5.69 Å². The first kappa shape index (κ1) is 19.4. The summed E-state index contributed by atoms with van der Waals surface area (Å²) in [6.45, 7) is 0. The highest BCUT2D eigenvalue weighted by Crippen LogP contribution is 2.40. The Hall–Kier alpha value is -2.87. The van der Waals surface area contributed by atoms with E-state index in [1.165, 1.54) is 30.3 Å². The molecule has 2 aliphatic rings. The number of ether oxygens (including phenoxy) is 1. The van der Waals surface area contributed by atoms with Crippen molar-refractivity contribution in [3.8, 4) is 11.5 Å². The zero-order chi connectivity index (χ0) is 20.6. The van der Waals surface area contributed by atoms with Gasteiger partial charge in [-0.05, 0) is 49.9 Å². The Morgan fingerprint density at radius 1 is 1.03 bits per heavy atom. The molecule has 4 rings (SSSR count). The lowest BCUT2D eigenvalue weighted by molar-refractivity contribution is 0.305. The number of anilines is 1. The van der Waals surface area contributed by atoms with Gasteiger partial charge in [0.05, 0.1) is 5.02 Å². The lowest BCUT2D eigenvalue weighted by Gasteiger charge is -2.45. The Bertz CT molecular complexity index is 1000. The van der Waals surface area contributed by atoms with E-state index in [-0.39, 0.29) is 28.4 Å². The summed E-state index contributed by atoms with van der Waals surface area (Å²) in [6.07, 6.45) is 4.47. The van der Waals surface area contributed by atoms with Gasteiger partial charge in [0.25, 0.3) is 0 Å². The Morgan fingerprint density at radius 2 is 1.79 bits per heavy atom. The van der Waals surface area contributed by atoms with Gasteiger partial charge in [0.1, 0.15) is 5.66 Å². The van der Waals surface area contributed by atoms with Gasteiger partial charge in [0.15, 0.2) is 23.1 Å². The van der Waals surface area contributed by atoms with E-state index in [9.17, 15) is 8.78 Å². The largest absolute Gasteiger partial charge is 0.451 e. The number of benzene rings is 2. The SMILES string of the molecule is NC1=NC2(CCCCC2)N(c2ccc(Oc3cccc(Cl)c3F)c(F)c2)C(N)=N1. The minimum atomic E-state index is -0.754. The third-order valence-corrected chi connectivity index (χ3v) is 5.45. The van der Waals surface area contributed by atoms with E-state index in [1.807, 2.05) is 0 Å². The van der Waals surface area contributed by atoms with Gasteiger partial charge < -0.3 is 16.2 Å². The third kappa shape index (κ3) is 3.60. The molecule has 29 heavy (non-hydrogen) atoms. The highest BCUT2D eigenvalue weighted by atomic mass is 35.5. The molecule has 0 saturated heterocycles. The maximum atomic E-state index is 14.8. The van der Waals surface area contributed by atoms with Crippen LogP contribution in [0.1, 0.15) is 32.1 Å². The maximum absolute atomic E-state index is 14.8. The van der Waals surface area contributed by atoms with Gasteiger partial charge in [-0.15, -0.1) is 0 Å². The average Bonchev–Trinajstić information content (AvgIpc) is 2.67. The van der Waals surface area contributed by atoms with Gasteiger partial charge in [-0.25, -0.2) is 13.8 Å². The fraction of sp³-hybridized carbons (Fsp3) is 0.300. The minimum Gasteiger partial charge on any atom is -0.451 e. The molecule has 0 bridgehead atoms. The van der Waals surface area contributed by atoms with E-state index in [0.717, 1.165) is 32.1 Å². The molecule has 0 amide bonds. The van der Waals surface area contributed by atoms with Crippen molar-refractivity contribution in [1.82, 2.24) is 0 Å². The highest BCUT2D eigenvalue weighted by Gasteiger charge is 2.42. The summed E-state index contributed by atoms with van der Waals surface area (Å²) in [5.74, 6) is -1.45. The second kappa shape index (κ2) is 7.51. The molecule has 1 aliphatic carbocycles. The van der Waals surface area contributed by atoms with E-state index >= 15 is 0 Å². The van der Waals surface area contributed by atoms with Crippen LogP contribution in [0, 0.1) is 11.6 Å². The Morgan fingerprint density at radius 3 is 2.52 bits per heavy atom. The first-order valence-electron chi connectivity index (χ1n) is 9.31. The topological polar surface area (TPSA) is 89.2 Å². The van der Waals surface area contributed by atoms with Crippen LogP contribution in [0.15, 0.2) is 46.4 Å². The highest BCUT2D eigenvalue weighted by molar-refractivity contribution is 6.30. The van der Waals surface area contributed by atoms with Gasteiger partial charge in [0.2, 0.25) is 11.9 Å². The molecule has 2 aromatic rings. The summed E-state index contributed by atoms with van der Waals surface area (Å²) < 4.78 is 34.3. The average molecular weight is 420 g/mol. The third-order valence-electron chi connectivity index (χ3n) is 5.16. The Balaban J connectivity index is 1.68. The fourth-order valence-corrected chi connectivity index (χ4v) is 4.05. The molecular weight excluding hydrogens is 400 g/mol. The van der Waals surface area contributed by atoms with Crippen molar-refractivity contribution in [3.05, 3.63) is 53.1 Å². The van der Waals surface area contributed by atoms with Crippen molar-refractivity contribution in [1.29, 1.82) is 0 Å². The summed E-state index contributed by atoms with van der Waals surface area (Å²) in [6, 6.07) is 8.60. The van der Waals surface area contributed by atoms with Crippen molar-refractivity contribution in [3.63, 3.8) is 0 Å². The quantitative estimate of drug-likeness (QED) is 0.765. The zero-order valence-electron chi connectivity index (χ0n) is 15.5. The number of guanidine groups is 2. The van der Waals surface area contributed by atoms with E-state index in [1.54, 1.807) is 11.0 Å². The molecule has 0 unspecified atom stereocenters. The van der Waals surface area contributed by atoms with Gasteiger partial charge in [0, 0.05) is 11.8 Å². The number of nitrogens with two attached hydrogens (primary N) is 2. The molecule has 152 valence electrons. The summed E-state index contributed by atoms with van der Waals surface area (Å²) in [7, 11) is 0. The molecule has 9 heteroatoms. The normalized spacial score (nSPS) is 18.4. The second-order valence-corrected chi connectivity index (χ2v) is 7.49. The van der Waals surface area contributed by atoms with E-state index in [2.05, 4.69) is 9.98 Å². The van der Waals surface area contributed by atoms with Crippen LogP contribution in [0.25, 0.3) is 0 Å². The van der Waals surface area contributed by atoms with Crippen LogP contribution in [0.3, 0.4) is 0 Å².